The van der Waals surface area contributed by atoms with Crippen LogP contribution in [0.4, 0.5) is 0 Å². The third-order valence-electron chi connectivity index (χ3n) is 2.02. The standard InChI is InChI=1S/C11H13N3O2/c12-4-5-14-8-11(7-13-14)16-10-3-1-2-9(15)6-10/h1-3,6-8,15H,4-5,12H2. The van der Waals surface area contributed by atoms with Gasteiger partial charge in [0.15, 0.2) is 5.75 Å². The van der Waals surface area contributed by atoms with Crippen LogP contribution in [0.3, 0.4) is 0 Å². The first kappa shape index (κ1) is 10.5. The Labute approximate surface area is 93.1 Å². The third-order valence-corrected chi connectivity index (χ3v) is 2.02. The van der Waals surface area contributed by atoms with E-state index in [1.807, 2.05) is 0 Å². The molecule has 0 aliphatic rings. The van der Waals surface area contributed by atoms with Crippen molar-refractivity contribution >= 4 is 0 Å². The van der Waals surface area contributed by atoms with E-state index < -0.39 is 0 Å². The van der Waals surface area contributed by atoms with E-state index in [0.29, 0.717) is 24.6 Å². The number of nitrogens with zero attached hydrogens (tertiary/aromatic N) is 2. The zero-order chi connectivity index (χ0) is 11.4. The largest absolute Gasteiger partial charge is 0.508 e. The van der Waals surface area contributed by atoms with Gasteiger partial charge in [0.1, 0.15) is 11.5 Å². The van der Waals surface area contributed by atoms with E-state index in [0.717, 1.165) is 0 Å². The van der Waals surface area contributed by atoms with Crippen molar-refractivity contribution in [2.75, 3.05) is 6.54 Å². The Hall–Kier alpha value is -2.01. The van der Waals surface area contributed by atoms with Gasteiger partial charge in [0.25, 0.3) is 0 Å². The quantitative estimate of drug-likeness (QED) is 0.813. The molecule has 3 N–H and O–H groups in total. The van der Waals surface area contributed by atoms with Gasteiger partial charge < -0.3 is 15.6 Å². The summed E-state index contributed by atoms with van der Waals surface area (Å²) in [4.78, 5) is 0. The Bertz CT molecular complexity index is 468. The van der Waals surface area contributed by atoms with Crippen molar-refractivity contribution in [1.29, 1.82) is 0 Å². The lowest BCUT2D eigenvalue weighted by Crippen LogP contribution is -2.09. The Morgan fingerprint density at radius 1 is 1.38 bits per heavy atom. The maximum Gasteiger partial charge on any atom is 0.165 e. The van der Waals surface area contributed by atoms with Crippen LogP contribution in [0.15, 0.2) is 36.7 Å². The van der Waals surface area contributed by atoms with Crippen LogP contribution in [0.1, 0.15) is 0 Å². The molecule has 0 aliphatic carbocycles. The highest BCUT2D eigenvalue weighted by atomic mass is 16.5. The fourth-order valence-corrected chi connectivity index (χ4v) is 1.33. The summed E-state index contributed by atoms with van der Waals surface area (Å²) >= 11 is 0. The molecule has 0 unspecified atom stereocenters. The van der Waals surface area contributed by atoms with Crippen molar-refractivity contribution in [1.82, 2.24) is 9.78 Å². The van der Waals surface area contributed by atoms with E-state index in [9.17, 15) is 5.11 Å². The summed E-state index contributed by atoms with van der Waals surface area (Å²) < 4.78 is 7.21. The fraction of sp³-hybridized carbons (Fsp3) is 0.182. The molecule has 5 heteroatoms. The Balaban J connectivity index is 2.08. The van der Waals surface area contributed by atoms with Gasteiger partial charge in [-0.3, -0.25) is 4.68 Å². The molecule has 0 saturated carbocycles. The predicted molar refractivity (Wildman–Crippen MR) is 59.5 cm³/mol. The second-order valence-electron chi connectivity index (χ2n) is 3.33. The van der Waals surface area contributed by atoms with Crippen LogP contribution in [0, 0.1) is 0 Å². The summed E-state index contributed by atoms with van der Waals surface area (Å²) in [6, 6.07) is 6.61. The van der Waals surface area contributed by atoms with Gasteiger partial charge in [-0.25, -0.2) is 0 Å². The number of aromatic hydroxyl groups is 1. The molecule has 2 aromatic rings. The third kappa shape index (κ3) is 2.52. The first-order chi connectivity index (χ1) is 7.78. The van der Waals surface area contributed by atoms with Crippen LogP contribution >= 0.6 is 0 Å². The molecule has 0 fully saturated rings. The second kappa shape index (κ2) is 4.67. The Kier molecular flexibility index (Phi) is 3.07. The number of rotatable bonds is 4. The maximum absolute atomic E-state index is 9.26. The van der Waals surface area contributed by atoms with E-state index >= 15 is 0 Å². The topological polar surface area (TPSA) is 73.3 Å². The second-order valence-corrected chi connectivity index (χ2v) is 3.33. The molecular formula is C11H13N3O2. The molecule has 1 aromatic heterocycles. The van der Waals surface area contributed by atoms with Gasteiger partial charge in [-0.05, 0) is 12.1 Å². The molecule has 0 saturated heterocycles. The highest BCUT2D eigenvalue weighted by Gasteiger charge is 2.01. The summed E-state index contributed by atoms with van der Waals surface area (Å²) in [5.74, 6) is 1.37. The van der Waals surface area contributed by atoms with Crippen LogP contribution < -0.4 is 10.5 Å². The molecule has 0 aliphatic heterocycles. The molecule has 5 nitrogen and oxygen atoms in total. The summed E-state index contributed by atoms with van der Waals surface area (Å²) in [5, 5.41) is 13.3. The highest BCUT2D eigenvalue weighted by Crippen LogP contribution is 2.23. The molecule has 16 heavy (non-hydrogen) atoms. The average Bonchev–Trinajstić information content (AvgIpc) is 2.66. The SMILES string of the molecule is NCCn1cc(Oc2cccc(O)c2)cn1. The van der Waals surface area contributed by atoms with Gasteiger partial charge in [0.2, 0.25) is 0 Å². The van der Waals surface area contributed by atoms with Gasteiger partial charge >= 0.3 is 0 Å². The molecule has 1 aromatic carbocycles. The monoisotopic (exact) mass is 219 g/mol. The lowest BCUT2D eigenvalue weighted by molar-refractivity contribution is 0.454. The number of hydrogen-bond donors (Lipinski definition) is 2. The van der Waals surface area contributed by atoms with Crippen molar-refractivity contribution in [3.05, 3.63) is 36.7 Å². The minimum Gasteiger partial charge on any atom is -0.508 e. The van der Waals surface area contributed by atoms with Crippen molar-refractivity contribution < 1.29 is 9.84 Å². The summed E-state index contributed by atoms with van der Waals surface area (Å²) in [5.41, 5.74) is 5.41. The zero-order valence-electron chi connectivity index (χ0n) is 8.71. The van der Waals surface area contributed by atoms with Crippen molar-refractivity contribution in [2.24, 2.45) is 5.73 Å². The molecule has 2 rings (SSSR count). The van der Waals surface area contributed by atoms with E-state index in [4.69, 9.17) is 10.5 Å². The van der Waals surface area contributed by atoms with E-state index in [1.165, 1.54) is 0 Å². The predicted octanol–water partition coefficient (Wildman–Crippen LogP) is 1.34. The van der Waals surface area contributed by atoms with Gasteiger partial charge in [-0.15, -0.1) is 0 Å². The summed E-state index contributed by atoms with van der Waals surface area (Å²) in [6.07, 6.45) is 3.37. The van der Waals surface area contributed by atoms with Crippen molar-refractivity contribution in [3.8, 4) is 17.2 Å². The van der Waals surface area contributed by atoms with Crippen LogP contribution in [0.25, 0.3) is 0 Å². The highest BCUT2D eigenvalue weighted by molar-refractivity contribution is 5.34. The normalized spacial score (nSPS) is 10.3. The first-order valence-corrected chi connectivity index (χ1v) is 4.97. The van der Waals surface area contributed by atoms with Gasteiger partial charge in [0.05, 0.1) is 18.9 Å². The van der Waals surface area contributed by atoms with Crippen LogP contribution in [-0.4, -0.2) is 21.4 Å². The molecular weight excluding hydrogens is 206 g/mol. The molecule has 0 atom stereocenters. The van der Waals surface area contributed by atoms with E-state index in [2.05, 4.69) is 5.10 Å². The zero-order valence-corrected chi connectivity index (χ0v) is 8.71. The molecule has 84 valence electrons. The summed E-state index contributed by atoms with van der Waals surface area (Å²) in [7, 11) is 0. The van der Waals surface area contributed by atoms with Gasteiger partial charge in [-0.1, -0.05) is 6.07 Å². The molecule has 0 amide bonds. The van der Waals surface area contributed by atoms with Crippen molar-refractivity contribution in [2.45, 2.75) is 6.54 Å². The number of phenols is 1. The Morgan fingerprint density at radius 3 is 3.00 bits per heavy atom. The van der Waals surface area contributed by atoms with Crippen molar-refractivity contribution in [3.63, 3.8) is 0 Å². The number of hydrogen-bond acceptors (Lipinski definition) is 4. The average molecular weight is 219 g/mol. The lowest BCUT2D eigenvalue weighted by atomic mass is 10.3. The van der Waals surface area contributed by atoms with E-state index in [-0.39, 0.29) is 5.75 Å². The van der Waals surface area contributed by atoms with Crippen LogP contribution in [-0.2, 0) is 6.54 Å². The number of nitrogens with two attached hydrogens (primary N) is 1. The maximum atomic E-state index is 9.26. The van der Waals surface area contributed by atoms with Gasteiger partial charge in [0, 0.05) is 12.6 Å². The Morgan fingerprint density at radius 2 is 2.25 bits per heavy atom. The number of ether oxygens (including phenoxy) is 1. The fourth-order valence-electron chi connectivity index (χ4n) is 1.33. The molecule has 0 radical (unpaired) electrons. The number of benzene rings is 1. The minimum atomic E-state index is 0.173. The van der Waals surface area contributed by atoms with E-state index in [1.54, 1.807) is 41.3 Å². The van der Waals surface area contributed by atoms with Crippen LogP contribution in [0.5, 0.6) is 17.2 Å². The summed E-state index contributed by atoms with van der Waals surface area (Å²) in [6.45, 7) is 1.19. The lowest BCUT2D eigenvalue weighted by Gasteiger charge is -2.02. The van der Waals surface area contributed by atoms with Crippen LogP contribution in [0.2, 0.25) is 0 Å². The first-order valence-electron chi connectivity index (χ1n) is 4.97. The number of phenolic OH excluding ortho intramolecular Hbond substituents is 1. The smallest absolute Gasteiger partial charge is 0.165 e. The minimum absolute atomic E-state index is 0.173. The van der Waals surface area contributed by atoms with Gasteiger partial charge in [-0.2, -0.15) is 5.10 Å². The molecule has 0 bridgehead atoms. The number of aromatic nitrogens is 2. The molecule has 1 heterocycles. The molecule has 0 spiro atoms.